The van der Waals surface area contributed by atoms with Crippen LogP contribution in [0.3, 0.4) is 0 Å². The lowest BCUT2D eigenvalue weighted by atomic mass is 9.94. The first kappa shape index (κ1) is 21.8. The summed E-state index contributed by atoms with van der Waals surface area (Å²) in [6, 6.07) is 16.6. The molecule has 0 aromatic heterocycles. The minimum Gasteiger partial charge on any atom is -0.335 e. The van der Waals surface area contributed by atoms with E-state index in [1.165, 1.54) is 11.1 Å². The first-order valence-electron chi connectivity index (χ1n) is 11.0. The predicted octanol–water partition coefficient (Wildman–Crippen LogP) is 4.28. The molecule has 0 bridgehead atoms. The fraction of sp³-hybridized carbons (Fsp3) is 0.400. The highest BCUT2D eigenvalue weighted by molar-refractivity contribution is 7.89. The van der Waals surface area contributed by atoms with Crippen LogP contribution in [0, 0.1) is 11.8 Å². The number of carbonyl (C=O) groups excluding carboxylic acids is 1. The number of rotatable bonds is 4. The fourth-order valence-corrected chi connectivity index (χ4v) is 6.35. The molecule has 0 N–H and O–H groups in total. The molecule has 0 aliphatic carbocycles. The number of sulfonamides is 1. The van der Waals surface area contributed by atoms with Crippen molar-refractivity contribution in [1.82, 2.24) is 9.21 Å². The highest BCUT2D eigenvalue weighted by Crippen LogP contribution is 2.27. The van der Waals surface area contributed by atoms with Crippen molar-refractivity contribution in [2.45, 2.75) is 31.6 Å². The SMILES string of the molecule is C[C@H]1C[C@H](C)CN(S(=O)(=O)c2ccc(C(=O)N3CC=C(c4ccccc4)CC3)cc2)C1. The van der Waals surface area contributed by atoms with E-state index in [-0.39, 0.29) is 10.8 Å². The minimum absolute atomic E-state index is 0.0625. The van der Waals surface area contributed by atoms with Crippen molar-refractivity contribution in [2.75, 3.05) is 26.2 Å². The monoisotopic (exact) mass is 438 g/mol. The van der Waals surface area contributed by atoms with Crippen molar-refractivity contribution in [3.05, 3.63) is 71.8 Å². The maximum Gasteiger partial charge on any atom is 0.254 e. The van der Waals surface area contributed by atoms with Crippen molar-refractivity contribution in [2.24, 2.45) is 11.8 Å². The maximum atomic E-state index is 13.1. The largest absolute Gasteiger partial charge is 0.335 e. The Morgan fingerprint density at radius 2 is 1.58 bits per heavy atom. The van der Waals surface area contributed by atoms with Crippen molar-refractivity contribution < 1.29 is 13.2 Å². The fourth-order valence-electron chi connectivity index (χ4n) is 4.67. The summed E-state index contributed by atoms with van der Waals surface area (Å²) in [5.41, 5.74) is 2.98. The van der Waals surface area contributed by atoms with Gasteiger partial charge in [0.05, 0.1) is 4.90 Å². The van der Waals surface area contributed by atoms with Gasteiger partial charge in [-0.05, 0) is 60.1 Å². The van der Waals surface area contributed by atoms with Crippen LogP contribution in [0.25, 0.3) is 5.57 Å². The molecule has 1 saturated heterocycles. The van der Waals surface area contributed by atoms with Crippen molar-refractivity contribution >= 4 is 21.5 Å². The molecule has 5 nitrogen and oxygen atoms in total. The lowest BCUT2D eigenvalue weighted by molar-refractivity contribution is 0.0772. The van der Waals surface area contributed by atoms with Gasteiger partial charge in [-0.3, -0.25) is 4.79 Å². The molecule has 31 heavy (non-hydrogen) atoms. The zero-order chi connectivity index (χ0) is 22.0. The average Bonchev–Trinajstić information content (AvgIpc) is 2.79. The molecule has 164 valence electrons. The average molecular weight is 439 g/mol. The van der Waals surface area contributed by atoms with E-state index in [1.807, 2.05) is 23.1 Å². The molecule has 0 spiro atoms. The van der Waals surface area contributed by atoms with E-state index in [1.54, 1.807) is 28.6 Å². The molecule has 2 aliphatic heterocycles. The van der Waals surface area contributed by atoms with E-state index in [4.69, 9.17) is 0 Å². The van der Waals surface area contributed by atoms with E-state index in [0.717, 1.165) is 12.8 Å². The van der Waals surface area contributed by atoms with Gasteiger partial charge in [0.25, 0.3) is 5.91 Å². The first-order valence-corrected chi connectivity index (χ1v) is 12.4. The van der Waals surface area contributed by atoms with Crippen molar-refractivity contribution in [3.8, 4) is 0 Å². The van der Waals surface area contributed by atoms with Crippen LogP contribution >= 0.6 is 0 Å². The molecule has 0 unspecified atom stereocenters. The molecular weight excluding hydrogens is 408 g/mol. The van der Waals surface area contributed by atoms with Crippen LogP contribution in [0.1, 0.15) is 42.6 Å². The summed E-state index contributed by atoms with van der Waals surface area (Å²) in [6.45, 7) is 6.51. The topological polar surface area (TPSA) is 57.7 Å². The number of benzene rings is 2. The first-order chi connectivity index (χ1) is 14.8. The normalized spacial score (nSPS) is 22.8. The highest BCUT2D eigenvalue weighted by atomic mass is 32.2. The summed E-state index contributed by atoms with van der Waals surface area (Å²) in [7, 11) is -3.53. The van der Waals surface area contributed by atoms with Crippen LogP contribution in [-0.4, -0.2) is 49.7 Å². The lowest BCUT2D eigenvalue weighted by Gasteiger charge is -2.34. The van der Waals surface area contributed by atoms with Crippen LogP contribution in [0.15, 0.2) is 65.6 Å². The summed E-state index contributed by atoms with van der Waals surface area (Å²) in [5, 5.41) is 0. The van der Waals surface area contributed by atoms with Crippen LogP contribution in [0.2, 0.25) is 0 Å². The summed E-state index contributed by atoms with van der Waals surface area (Å²) < 4.78 is 27.7. The van der Waals surface area contributed by atoms with Crippen LogP contribution < -0.4 is 0 Å². The van der Waals surface area contributed by atoms with Crippen molar-refractivity contribution in [3.63, 3.8) is 0 Å². The Bertz CT molecular complexity index is 1050. The third-order valence-corrected chi connectivity index (χ3v) is 8.06. The third-order valence-electron chi connectivity index (χ3n) is 6.22. The van der Waals surface area contributed by atoms with Crippen molar-refractivity contribution in [1.29, 1.82) is 0 Å². The summed E-state index contributed by atoms with van der Waals surface area (Å²) >= 11 is 0. The van der Waals surface area contributed by atoms with Crippen LogP contribution in [-0.2, 0) is 10.0 Å². The third kappa shape index (κ3) is 4.75. The second kappa shape index (κ2) is 8.97. The molecule has 2 aliphatic rings. The minimum atomic E-state index is -3.53. The van der Waals surface area contributed by atoms with E-state index in [9.17, 15) is 13.2 Å². The quantitative estimate of drug-likeness (QED) is 0.716. The molecule has 1 fully saturated rings. The lowest BCUT2D eigenvalue weighted by Crippen LogP contribution is -2.42. The summed E-state index contributed by atoms with van der Waals surface area (Å²) in [6.07, 6.45) is 3.97. The number of amides is 1. The Morgan fingerprint density at radius 1 is 0.935 bits per heavy atom. The number of hydrogen-bond acceptors (Lipinski definition) is 3. The standard InChI is InChI=1S/C25H30N2O3S/c1-19-16-20(2)18-27(17-19)31(29,30)24-10-8-23(9-11-24)25(28)26-14-12-22(13-15-26)21-6-4-3-5-7-21/h3-12,19-20H,13-18H2,1-2H3/t19-,20-/m0/s1. The zero-order valence-corrected chi connectivity index (χ0v) is 19.0. The number of piperidine rings is 1. The molecule has 1 amide bonds. The van der Waals surface area contributed by atoms with Gasteiger partial charge in [0.2, 0.25) is 10.0 Å². The van der Waals surface area contributed by atoms with Gasteiger partial charge in [0.1, 0.15) is 0 Å². The zero-order valence-electron chi connectivity index (χ0n) is 18.2. The van der Waals surface area contributed by atoms with Gasteiger partial charge in [-0.2, -0.15) is 4.31 Å². The molecule has 2 aromatic carbocycles. The van der Waals surface area contributed by atoms with Crippen LogP contribution in [0.4, 0.5) is 0 Å². The van der Waals surface area contributed by atoms with Gasteiger partial charge in [-0.15, -0.1) is 0 Å². The maximum absolute atomic E-state index is 13.1. The van der Waals surface area contributed by atoms with E-state index in [2.05, 4.69) is 32.1 Å². The molecule has 2 heterocycles. The Kier molecular flexibility index (Phi) is 6.30. The van der Waals surface area contributed by atoms with Gasteiger partial charge < -0.3 is 4.90 Å². The molecular formula is C25H30N2O3S. The van der Waals surface area contributed by atoms with Gasteiger partial charge in [-0.25, -0.2) is 8.42 Å². The predicted molar refractivity (Wildman–Crippen MR) is 123 cm³/mol. The van der Waals surface area contributed by atoms with E-state index >= 15 is 0 Å². The second-order valence-electron chi connectivity index (χ2n) is 8.89. The summed E-state index contributed by atoms with van der Waals surface area (Å²) in [4.78, 5) is 15.0. The number of carbonyl (C=O) groups is 1. The summed E-state index contributed by atoms with van der Waals surface area (Å²) in [5.74, 6) is 0.646. The molecule has 0 saturated carbocycles. The second-order valence-corrected chi connectivity index (χ2v) is 10.8. The Labute approximate surface area is 185 Å². The molecule has 6 heteroatoms. The smallest absolute Gasteiger partial charge is 0.254 e. The molecule has 2 aromatic rings. The van der Waals surface area contributed by atoms with E-state index < -0.39 is 10.0 Å². The Balaban J connectivity index is 1.45. The van der Waals surface area contributed by atoms with E-state index in [0.29, 0.717) is 43.6 Å². The highest BCUT2D eigenvalue weighted by Gasteiger charge is 2.31. The number of nitrogens with zero attached hydrogens (tertiary/aromatic N) is 2. The Morgan fingerprint density at radius 3 is 2.16 bits per heavy atom. The van der Waals surface area contributed by atoms with Gasteiger partial charge in [0.15, 0.2) is 0 Å². The van der Waals surface area contributed by atoms with Gasteiger partial charge in [0, 0.05) is 31.7 Å². The Hall–Kier alpha value is -2.44. The molecule has 4 rings (SSSR count). The molecule has 2 atom stereocenters. The molecule has 0 radical (unpaired) electrons. The van der Waals surface area contributed by atoms with Gasteiger partial charge >= 0.3 is 0 Å². The van der Waals surface area contributed by atoms with Gasteiger partial charge in [-0.1, -0.05) is 50.3 Å². The van der Waals surface area contributed by atoms with Crippen LogP contribution in [0.5, 0.6) is 0 Å². The number of hydrogen-bond donors (Lipinski definition) is 0.